The molecule has 0 heterocycles. The van der Waals surface area contributed by atoms with Gasteiger partial charge in [-0.05, 0) is 49.7 Å². The molecule has 0 bridgehead atoms. The van der Waals surface area contributed by atoms with Gasteiger partial charge in [-0.1, -0.05) is 36.4 Å². The van der Waals surface area contributed by atoms with Gasteiger partial charge >= 0.3 is 0 Å². The van der Waals surface area contributed by atoms with Crippen molar-refractivity contribution in [3.8, 4) is 0 Å². The minimum absolute atomic E-state index is 0.0617. The summed E-state index contributed by atoms with van der Waals surface area (Å²) in [6.07, 6.45) is 0. The van der Waals surface area contributed by atoms with Crippen LogP contribution in [0.2, 0.25) is 0 Å². The van der Waals surface area contributed by atoms with Gasteiger partial charge in [-0.3, -0.25) is 0 Å². The Bertz CT molecular complexity index is 742. The van der Waals surface area contributed by atoms with Gasteiger partial charge in [0.1, 0.15) is 0 Å². The number of sulfonamides is 1. The average molecular weight is 318 g/mol. The van der Waals surface area contributed by atoms with Gasteiger partial charge in [0.2, 0.25) is 10.0 Å². The van der Waals surface area contributed by atoms with Crippen LogP contribution in [-0.2, 0) is 16.6 Å². The van der Waals surface area contributed by atoms with Crippen LogP contribution in [0.1, 0.15) is 29.7 Å². The van der Waals surface area contributed by atoms with E-state index in [1.165, 1.54) is 18.2 Å². The van der Waals surface area contributed by atoms with Gasteiger partial charge in [0.05, 0.1) is 4.90 Å². The van der Waals surface area contributed by atoms with Crippen molar-refractivity contribution in [3.63, 3.8) is 0 Å². The van der Waals surface area contributed by atoms with Crippen LogP contribution in [0.3, 0.4) is 0 Å². The van der Waals surface area contributed by atoms with E-state index in [-0.39, 0.29) is 10.9 Å². The average Bonchev–Trinajstić information content (AvgIpc) is 2.54. The highest BCUT2D eigenvalue weighted by Gasteiger charge is 2.13. The molecule has 2 aromatic rings. The first-order valence-corrected chi connectivity index (χ1v) is 8.74. The SMILES string of the molecule is CNS(=O)(=O)c1cccc([C@H](C)NCc2ccccc2C)c1. The Labute approximate surface area is 132 Å². The fourth-order valence-corrected chi connectivity index (χ4v) is 3.04. The molecule has 0 radical (unpaired) electrons. The van der Waals surface area contributed by atoms with Crippen molar-refractivity contribution < 1.29 is 8.42 Å². The number of benzene rings is 2. The predicted octanol–water partition coefficient (Wildman–Crippen LogP) is 2.75. The molecular formula is C17H22N2O2S. The van der Waals surface area contributed by atoms with E-state index in [1.807, 2.05) is 25.1 Å². The van der Waals surface area contributed by atoms with Crippen LogP contribution in [0.25, 0.3) is 0 Å². The first-order chi connectivity index (χ1) is 10.4. The summed E-state index contributed by atoms with van der Waals surface area (Å²) in [6.45, 7) is 4.86. The maximum atomic E-state index is 11.9. The molecule has 0 aliphatic heterocycles. The van der Waals surface area contributed by atoms with Gasteiger partial charge in [-0.25, -0.2) is 13.1 Å². The van der Waals surface area contributed by atoms with E-state index in [4.69, 9.17) is 0 Å². The summed E-state index contributed by atoms with van der Waals surface area (Å²) in [6, 6.07) is 15.3. The Balaban J connectivity index is 2.12. The van der Waals surface area contributed by atoms with Crippen LogP contribution in [0.15, 0.2) is 53.4 Å². The highest BCUT2D eigenvalue weighted by atomic mass is 32.2. The molecule has 0 amide bonds. The summed E-state index contributed by atoms with van der Waals surface area (Å²) >= 11 is 0. The molecule has 0 unspecified atom stereocenters. The second kappa shape index (κ2) is 7.05. The maximum Gasteiger partial charge on any atom is 0.240 e. The zero-order valence-electron chi connectivity index (χ0n) is 13.1. The molecule has 118 valence electrons. The van der Waals surface area contributed by atoms with E-state index >= 15 is 0 Å². The van der Waals surface area contributed by atoms with Crippen LogP contribution in [0.5, 0.6) is 0 Å². The van der Waals surface area contributed by atoms with Crippen molar-refractivity contribution in [3.05, 3.63) is 65.2 Å². The molecule has 22 heavy (non-hydrogen) atoms. The molecule has 2 N–H and O–H groups in total. The molecular weight excluding hydrogens is 296 g/mol. The number of nitrogens with one attached hydrogen (secondary N) is 2. The fourth-order valence-electron chi connectivity index (χ4n) is 2.26. The molecule has 4 nitrogen and oxygen atoms in total. The Morgan fingerprint density at radius 1 is 1.09 bits per heavy atom. The topological polar surface area (TPSA) is 58.2 Å². The summed E-state index contributed by atoms with van der Waals surface area (Å²) in [7, 11) is -1.99. The number of aryl methyl sites for hydroxylation is 1. The van der Waals surface area contributed by atoms with Gasteiger partial charge < -0.3 is 5.32 Å². The van der Waals surface area contributed by atoms with Crippen molar-refractivity contribution in [1.29, 1.82) is 0 Å². The zero-order valence-corrected chi connectivity index (χ0v) is 13.9. The van der Waals surface area contributed by atoms with E-state index in [0.29, 0.717) is 0 Å². The Kier molecular flexibility index (Phi) is 5.34. The van der Waals surface area contributed by atoms with Crippen LogP contribution >= 0.6 is 0 Å². The molecule has 0 aliphatic rings. The Hall–Kier alpha value is -1.69. The van der Waals surface area contributed by atoms with Crippen molar-refractivity contribution in [2.24, 2.45) is 0 Å². The Morgan fingerprint density at radius 2 is 1.82 bits per heavy atom. The lowest BCUT2D eigenvalue weighted by atomic mass is 10.1. The second-order valence-corrected chi connectivity index (χ2v) is 7.20. The molecule has 2 rings (SSSR count). The summed E-state index contributed by atoms with van der Waals surface area (Å²) in [5.41, 5.74) is 3.44. The molecule has 0 fully saturated rings. The van der Waals surface area contributed by atoms with Crippen LogP contribution < -0.4 is 10.0 Å². The van der Waals surface area contributed by atoms with Gasteiger partial charge in [-0.15, -0.1) is 0 Å². The minimum atomic E-state index is -3.41. The standard InChI is InChI=1S/C17H22N2O2S/c1-13-7-4-5-8-16(13)12-19-14(2)15-9-6-10-17(11-15)22(20,21)18-3/h4-11,14,18-19H,12H2,1-3H3/t14-/m0/s1. The van der Waals surface area contributed by atoms with Crippen molar-refractivity contribution in [2.75, 3.05) is 7.05 Å². The lowest BCUT2D eigenvalue weighted by Gasteiger charge is -2.16. The van der Waals surface area contributed by atoms with E-state index in [2.05, 4.69) is 29.1 Å². The minimum Gasteiger partial charge on any atom is -0.306 e. The molecule has 0 saturated carbocycles. The maximum absolute atomic E-state index is 11.9. The fraction of sp³-hybridized carbons (Fsp3) is 0.294. The summed E-state index contributed by atoms with van der Waals surface area (Å²) in [4.78, 5) is 0.289. The number of rotatable bonds is 6. The van der Waals surface area contributed by atoms with Crippen LogP contribution in [0, 0.1) is 6.92 Å². The van der Waals surface area contributed by atoms with Gasteiger partial charge in [0, 0.05) is 12.6 Å². The van der Waals surface area contributed by atoms with E-state index in [9.17, 15) is 8.42 Å². The summed E-state index contributed by atoms with van der Waals surface area (Å²) < 4.78 is 26.1. The van der Waals surface area contributed by atoms with Gasteiger partial charge in [-0.2, -0.15) is 0 Å². The molecule has 0 aliphatic carbocycles. The smallest absolute Gasteiger partial charge is 0.240 e. The summed E-state index contributed by atoms with van der Waals surface area (Å²) in [5.74, 6) is 0. The molecule has 0 saturated heterocycles. The first-order valence-electron chi connectivity index (χ1n) is 7.25. The summed E-state index contributed by atoms with van der Waals surface area (Å²) in [5, 5.41) is 3.44. The normalized spacial score (nSPS) is 13.0. The first kappa shape index (κ1) is 16.7. The monoisotopic (exact) mass is 318 g/mol. The lowest BCUT2D eigenvalue weighted by molar-refractivity contribution is 0.570. The number of hydrogen-bond acceptors (Lipinski definition) is 3. The number of hydrogen-bond donors (Lipinski definition) is 2. The van der Waals surface area contributed by atoms with Crippen molar-refractivity contribution >= 4 is 10.0 Å². The second-order valence-electron chi connectivity index (χ2n) is 5.31. The van der Waals surface area contributed by atoms with E-state index < -0.39 is 10.0 Å². The van der Waals surface area contributed by atoms with E-state index in [1.54, 1.807) is 18.2 Å². The molecule has 1 atom stereocenters. The lowest BCUT2D eigenvalue weighted by Crippen LogP contribution is -2.21. The predicted molar refractivity (Wildman–Crippen MR) is 89.1 cm³/mol. The van der Waals surface area contributed by atoms with Gasteiger partial charge in [0.15, 0.2) is 0 Å². The van der Waals surface area contributed by atoms with Crippen molar-refractivity contribution in [1.82, 2.24) is 10.0 Å². The van der Waals surface area contributed by atoms with Crippen LogP contribution in [-0.4, -0.2) is 15.5 Å². The third-order valence-electron chi connectivity index (χ3n) is 3.80. The third kappa shape index (κ3) is 3.94. The quantitative estimate of drug-likeness (QED) is 0.861. The highest BCUT2D eigenvalue weighted by Crippen LogP contribution is 2.18. The molecule has 5 heteroatoms. The molecule has 0 aromatic heterocycles. The third-order valence-corrected chi connectivity index (χ3v) is 5.21. The van der Waals surface area contributed by atoms with Crippen molar-refractivity contribution in [2.45, 2.75) is 31.3 Å². The largest absolute Gasteiger partial charge is 0.306 e. The van der Waals surface area contributed by atoms with Gasteiger partial charge in [0.25, 0.3) is 0 Å². The van der Waals surface area contributed by atoms with Crippen LogP contribution in [0.4, 0.5) is 0 Å². The zero-order chi connectivity index (χ0) is 16.2. The highest BCUT2D eigenvalue weighted by molar-refractivity contribution is 7.89. The molecule has 2 aromatic carbocycles. The molecule has 0 spiro atoms. The Morgan fingerprint density at radius 3 is 2.50 bits per heavy atom. The van der Waals surface area contributed by atoms with E-state index in [0.717, 1.165) is 12.1 Å².